The van der Waals surface area contributed by atoms with Crippen LogP contribution in [-0.2, 0) is 0 Å². The summed E-state index contributed by atoms with van der Waals surface area (Å²) < 4.78 is 10.4. The van der Waals surface area contributed by atoms with Crippen LogP contribution in [0.15, 0.2) is 17.2 Å². The summed E-state index contributed by atoms with van der Waals surface area (Å²) in [5, 5.41) is 3.37. The number of carbonyl (C=O) groups is 1. The molecule has 0 bridgehead atoms. The van der Waals surface area contributed by atoms with Gasteiger partial charge in [-0.1, -0.05) is 17.0 Å². The lowest BCUT2D eigenvalue weighted by Gasteiger charge is -2.00. The lowest BCUT2D eigenvalue weighted by atomic mass is 10.1. The maximum Gasteiger partial charge on any atom is 0.231 e. The van der Waals surface area contributed by atoms with E-state index in [1.165, 1.54) is 0 Å². The normalized spacial score (nSPS) is 11.1. The predicted molar refractivity (Wildman–Crippen MR) is 63.5 cm³/mol. The first-order valence-electron chi connectivity index (χ1n) is 5.23. The molecule has 0 saturated heterocycles. The third-order valence-corrected chi connectivity index (χ3v) is 2.29. The highest BCUT2D eigenvalue weighted by Gasteiger charge is 2.15. The van der Waals surface area contributed by atoms with E-state index in [1.54, 1.807) is 12.1 Å². The summed E-state index contributed by atoms with van der Waals surface area (Å²) in [4.78, 5) is 13.6. The van der Waals surface area contributed by atoms with Gasteiger partial charge in [-0.3, -0.25) is 4.79 Å². The van der Waals surface area contributed by atoms with Gasteiger partial charge in [0.25, 0.3) is 0 Å². The van der Waals surface area contributed by atoms with Crippen LogP contribution in [0.5, 0.6) is 11.5 Å². The lowest BCUT2D eigenvalue weighted by Crippen LogP contribution is -1.92. The van der Waals surface area contributed by atoms with E-state index in [4.69, 9.17) is 15.0 Å². The Balaban J connectivity index is 2.21. The Labute approximate surface area is 103 Å². The second-order valence-corrected chi connectivity index (χ2v) is 3.42. The molecular weight excluding hydrogens is 234 g/mol. The van der Waals surface area contributed by atoms with Gasteiger partial charge in [-0.25, -0.2) is 0 Å². The summed E-state index contributed by atoms with van der Waals surface area (Å²) in [5.74, 6) is 6.82. The van der Waals surface area contributed by atoms with Gasteiger partial charge in [0.1, 0.15) is 0 Å². The van der Waals surface area contributed by atoms with E-state index in [-0.39, 0.29) is 6.79 Å². The highest BCUT2D eigenvalue weighted by atomic mass is 16.7. The predicted octanol–water partition coefficient (Wildman–Crippen LogP) is 2.28. The molecule has 18 heavy (non-hydrogen) atoms. The largest absolute Gasteiger partial charge is 0.454 e. The topological polar surface area (TPSA) is 84.3 Å². The molecule has 0 aromatic heterocycles. The maximum absolute atomic E-state index is 10.9. The van der Waals surface area contributed by atoms with Crippen LogP contribution in [0.2, 0.25) is 0 Å². The summed E-state index contributed by atoms with van der Waals surface area (Å²) in [7, 11) is 0. The van der Waals surface area contributed by atoms with Crippen LogP contribution in [0.4, 0.5) is 0 Å². The number of nitrogens with zero attached hydrogens (tertiary/aromatic N) is 3. The van der Waals surface area contributed by atoms with Crippen molar-refractivity contribution in [1.82, 2.24) is 0 Å². The molecule has 2 rings (SSSR count). The van der Waals surface area contributed by atoms with Crippen molar-refractivity contribution >= 4 is 6.29 Å². The summed E-state index contributed by atoms with van der Waals surface area (Å²) >= 11 is 0. The van der Waals surface area contributed by atoms with E-state index in [2.05, 4.69) is 21.9 Å². The standard InChI is InChI=1S/C12H9N3O3/c13-15-14-4-2-1-3-9-5-11-12(18-8-17-11)6-10(9)7-16/h5-7H,2,4,8H2. The fraction of sp³-hybridized carbons (Fsp3) is 0.250. The highest BCUT2D eigenvalue weighted by Crippen LogP contribution is 2.34. The van der Waals surface area contributed by atoms with Crippen LogP contribution in [0.3, 0.4) is 0 Å². The third-order valence-electron chi connectivity index (χ3n) is 2.29. The fourth-order valence-corrected chi connectivity index (χ4v) is 1.47. The molecule has 0 radical (unpaired) electrons. The Hall–Kier alpha value is -2.64. The highest BCUT2D eigenvalue weighted by molar-refractivity contribution is 5.81. The monoisotopic (exact) mass is 243 g/mol. The number of aldehydes is 1. The molecule has 0 aliphatic carbocycles. The van der Waals surface area contributed by atoms with Crippen molar-refractivity contribution in [3.05, 3.63) is 33.7 Å². The summed E-state index contributed by atoms with van der Waals surface area (Å²) in [6.45, 7) is 0.464. The van der Waals surface area contributed by atoms with Gasteiger partial charge in [0.05, 0.1) is 0 Å². The Morgan fingerprint density at radius 3 is 2.94 bits per heavy atom. The molecule has 6 nitrogen and oxygen atoms in total. The van der Waals surface area contributed by atoms with Gasteiger partial charge in [0.2, 0.25) is 6.79 Å². The van der Waals surface area contributed by atoms with Gasteiger partial charge in [0, 0.05) is 35.1 Å². The van der Waals surface area contributed by atoms with E-state index in [1.807, 2.05) is 0 Å². The minimum atomic E-state index is 0.154. The molecule has 0 spiro atoms. The van der Waals surface area contributed by atoms with Gasteiger partial charge < -0.3 is 9.47 Å². The van der Waals surface area contributed by atoms with E-state index < -0.39 is 0 Å². The third kappa shape index (κ3) is 2.54. The second kappa shape index (κ2) is 5.62. The Kier molecular flexibility index (Phi) is 3.69. The Morgan fingerprint density at radius 1 is 1.44 bits per heavy atom. The molecule has 0 atom stereocenters. The Bertz CT molecular complexity index is 580. The van der Waals surface area contributed by atoms with Crippen molar-refractivity contribution in [3.63, 3.8) is 0 Å². The maximum atomic E-state index is 10.9. The quantitative estimate of drug-likeness (QED) is 0.204. The molecule has 0 amide bonds. The molecule has 90 valence electrons. The van der Waals surface area contributed by atoms with E-state index in [0.717, 1.165) is 6.29 Å². The summed E-state index contributed by atoms with van der Waals surface area (Å²) in [6, 6.07) is 3.28. The molecule has 0 saturated carbocycles. The van der Waals surface area contributed by atoms with Crippen molar-refractivity contribution in [2.75, 3.05) is 13.3 Å². The number of fused-ring (bicyclic) bond motifs is 1. The molecule has 1 heterocycles. The summed E-state index contributed by atoms with van der Waals surface area (Å²) in [6.07, 6.45) is 1.16. The first kappa shape index (κ1) is 11.8. The second-order valence-electron chi connectivity index (χ2n) is 3.42. The van der Waals surface area contributed by atoms with Crippen LogP contribution in [0.1, 0.15) is 22.3 Å². The number of hydrogen-bond donors (Lipinski definition) is 0. The van der Waals surface area contributed by atoms with Gasteiger partial charge in [-0.2, -0.15) is 0 Å². The van der Waals surface area contributed by atoms with Gasteiger partial charge >= 0.3 is 0 Å². The number of benzene rings is 1. The number of carbonyl (C=O) groups excluding carboxylic acids is 1. The molecule has 1 aromatic rings. The molecule has 0 fully saturated rings. The molecular formula is C12H9N3O3. The minimum absolute atomic E-state index is 0.154. The van der Waals surface area contributed by atoms with Crippen molar-refractivity contribution in [3.8, 4) is 23.3 Å². The Morgan fingerprint density at radius 2 is 2.22 bits per heavy atom. The molecule has 0 unspecified atom stereocenters. The number of ether oxygens (including phenoxy) is 2. The van der Waals surface area contributed by atoms with Crippen LogP contribution < -0.4 is 9.47 Å². The van der Waals surface area contributed by atoms with E-state index in [9.17, 15) is 4.79 Å². The minimum Gasteiger partial charge on any atom is -0.454 e. The van der Waals surface area contributed by atoms with E-state index >= 15 is 0 Å². The molecule has 1 aromatic carbocycles. The summed E-state index contributed by atoms with van der Waals surface area (Å²) in [5.41, 5.74) is 9.14. The number of rotatable bonds is 3. The van der Waals surface area contributed by atoms with Crippen molar-refractivity contribution in [1.29, 1.82) is 0 Å². The smallest absolute Gasteiger partial charge is 0.231 e. The zero-order valence-electron chi connectivity index (χ0n) is 9.42. The molecule has 6 heteroatoms. The average Bonchev–Trinajstić information content (AvgIpc) is 2.84. The fourth-order valence-electron chi connectivity index (χ4n) is 1.47. The zero-order chi connectivity index (χ0) is 12.8. The lowest BCUT2D eigenvalue weighted by molar-refractivity contribution is 0.112. The first-order valence-corrected chi connectivity index (χ1v) is 5.23. The SMILES string of the molecule is [N-]=[N+]=NCCC#Cc1cc2c(cc1C=O)OCO2. The van der Waals surface area contributed by atoms with Crippen LogP contribution in [0, 0.1) is 11.8 Å². The average molecular weight is 243 g/mol. The van der Waals surface area contributed by atoms with Gasteiger partial charge in [-0.15, -0.1) is 0 Å². The van der Waals surface area contributed by atoms with Crippen LogP contribution in [-0.4, -0.2) is 19.6 Å². The van der Waals surface area contributed by atoms with Crippen LogP contribution in [0.25, 0.3) is 10.4 Å². The van der Waals surface area contributed by atoms with Gasteiger partial charge in [0.15, 0.2) is 17.8 Å². The first-order chi connectivity index (χ1) is 8.85. The zero-order valence-corrected chi connectivity index (χ0v) is 9.42. The number of hydrogen-bond acceptors (Lipinski definition) is 4. The van der Waals surface area contributed by atoms with E-state index in [0.29, 0.717) is 35.6 Å². The van der Waals surface area contributed by atoms with Crippen LogP contribution >= 0.6 is 0 Å². The molecule has 1 aliphatic rings. The van der Waals surface area contributed by atoms with Crippen molar-refractivity contribution in [2.45, 2.75) is 6.42 Å². The molecule has 0 N–H and O–H groups in total. The van der Waals surface area contributed by atoms with Crippen molar-refractivity contribution < 1.29 is 14.3 Å². The molecule has 1 aliphatic heterocycles. The van der Waals surface area contributed by atoms with Gasteiger partial charge in [-0.05, 0) is 11.6 Å². The number of azide groups is 1. The van der Waals surface area contributed by atoms with Crippen molar-refractivity contribution in [2.24, 2.45) is 5.11 Å².